The molecule has 0 bridgehead atoms. The highest BCUT2D eigenvalue weighted by Gasteiger charge is 2.48. The normalized spacial score (nSPS) is 23.2. The summed E-state index contributed by atoms with van der Waals surface area (Å²) in [5.74, 6) is -2.59. The van der Waals surface area contributed by atoms with Crippen LogP contribution in [0.3, 0.4) is 0 Å². The minimum absolute atomic E-state index is 0.209. The predicted octanol–water partition coefficient (Wildman–Crippen LogP) is 1.24. The van der Waals surface area contributed by atoms with Gasteiger partial charge in [-0.1, -0.05) is 12.1 Å². The Bertz CT molecular complexity index is 609. The van der Waals surface area contributed by atoms with Crippen LogP contribution in [0, 0.1) is 11.8 Å². The highest BCUT2D eigenvalue weighted by Crippen LogP contribution is 2.39. The summed E-state index contributed by atoms with van der Waals surface area (Å²) in [4.78, 5) is 34.9. The lowest BCUT2D eigenvalue weighted by Gasteiger charge is -2.11. The number of nitrogens with one attached hydrogen (secondary N) is 2. The maximum absolute atomic E-state index is 12.1. The second kappa shape index (κ2) is 5.20. The van der Waals surface area contributed by atoms with Gasteiger partial charge in [-0.3, -0.25) is 14.4 Å². The van der Waals surface area contributed by atoms with Crippen molar-refractivity contribution in [3.05, 3.63) is 29.8 Å². The molecule has 0 radical (unpaired) electrons. The number of carbonyl (C=O) groups is 3. The van der Waals surface area contributed by atoms with Crippen LogP contribution in [0.25, 0.3) is 0 Å². The number of hydrogen-bond donors (Lipinski definition) is 3. The van der Waals surface area contributed by atoms with E-state index in [-0.39, 0.29) is 17.9 Å². The molecule has 0 saturated heterocycles. The lowest BCUT2D eigenvalue weighted by molar-refractivity contribution is -0.139. The van der Waals surface area contributed by atoms with Crippen LogP contribution in [0.15, 0.2) is 24.3 Å². The van der Waals surface area contributed by atoms with E-state index < -0.39 is 17.8 Å². The van der Waals surface area contributed by atoms with Crippen LogP contribution >= 0.6 is 0 Å². The van der Waals surface area contributed by atoms with Gasteiger partial charge in [-0.05, 0) is 31.4 Å². The van der Waals surface area contributed by atoms with E-state index in [9.17, 15) is 14.4 Å². The van der Waals surface area contributed by atoms with E-state index >= 15 is 0 Å². The van der Waals surface area contributed by atoms with Gasteiger partial charge in [0.1, 0.15) is 0 Å². The van der Waals surface area contributed by atoms with Gasteiger partial charge in [-0.15, -0.1) is 0 Å². The summed E-state index contributed by atoms with van der Waals surface area (Å²) in [5, 5.41) is 14.4. The molecule has 2 saturated carbocycles. The Kier molecular flexibility index (Phi) is 3.37. The highest BCUT2D eigenvalue weighted by molar-refractivity contribution is 6.05. The topological polar surface area (TPSA) is 95.5 Å². The van der Waals surface area contributed by atoms with Crippen molar-refractivity contribution < 1.29 is 19.5 Å². The summed E-state index contributed by atoms with van der Waals surface area (Å²) in [6.45, 7) is 0. The van der Waals surface area contributed by atoms with E-state index in [2.05, 4.69) is 10.6 Å². The van der Waals surface area contributed by atoms with Gasteiger partial charge in [0, 0.05) is 6.04 Å². The maximum atomic E-state index is 12.1. The third-order valence-corrected chi connectivity index (χ3v) is 3.79. The largest absolute Gasteiger partial charge is 0.481 e. The zero-order valence-corrected chi connectivity index (χ0v) is 11.3. The first-order valence-corrected chi connectivity index (χ1v) is 7.00. The SMILES string of the molecule is O=C(NC1CC1)c1ccccc1NC(=O)C1CC1C(=O)O. The van der Waals surface area contributed by atoms with Crippen LogP contribution < -0.4 is 10.6 Å². The van der Waals surface area contributed by atoms with Gasteiger partial charge in [-0.2, -0.15) is 0 Å². The summed E-state index contributed by atoms with van der Waals surface area (Å²) in [5.41, 5.74) is 0.835. The summed E-state index contributed by atoms with van der Waals surface area (Å²) >= 11 is 0. The van der Waals surface area contributed by atoms with Crippen molar-refractivity contribution in [2.75, 3.05) is 5.32 Å². The second-order valence-corrected chi connectivity index (χ2v) is 5.57. The number of carbonyl (C=O) groups excluding carboxylic acids is 2. The fourth-order valence-corrected chi connectivity index (χ4v) is 2.26. The van der Waals surface area contributed by atoms with Crippen molar-refractivity contribution in [2.45, 2.75) is 25.3 Å². The van der Waals surface area contributed by atoms with Crippen molar-refractivity contribution in [1.29, 1.82) is 0 Å². The van der Waals surface area contributed by atoms with Gasteiger partial charge in [0.2, 0.25) is 5.91 Å². The first-order chi connectivity index (χ1) is 10.1. The molecule has 0 heterocycles. The maximum Gasteiger partial charge on any atom is 0.307 e. The molecule has 0 spiro atoms. The Labute approximate surface area is 121 Å². The van der Waals surface area contributed by atoms with Crippen LogP contribution in [0.4, 0.5) is 5.69 Å². The first-order valence-electron chi connectivity index (χ1n) is 7.00. The van der Waals surface area contributed by atoms with E-state index in [1.807, 2.05) is 0 Å². The monoisotopic (exact) mass is 288 g/mol. The zero-order chi connectivity index (χ0) is 15.0. The van der Waals surface area contributed by atoms with Crippen molar-refractivity contribution in [3.8, 4) is 0 Å². The lowest BCUT2D eigenvalue weighted by Crippen LogP contribution is -2.27. The molecule has 1 aromatic carbocycles. The second-order valence-electron chi connectivity index (χ2n) is 5.57. The number of hydrogen-bond acceptors (Lipinski definition) is 3. The molecule has 2 amide bonds. The van der Waals surface area contributed by atoms with E-state index in [1.165, 1.54) is 0 Å². The minimum atomic E-state index is -0.949. The molecule has 2 atom stereocenters. The van der Waals surface area contributed by atoms with Crippen LogP contribution in [0.1, 0.15) is 29.6 Å². The van der Waals surface area contributed by atoms with Gasteiger partial charge in [-0.25, -0.2) is 0 Å². The fraction of sp³-hybridized carbons (Fsp3) is 0.400. The molecule has 2 unspecified atom stereocenters. The van der Waals surface area contributed by atoms with E-state index in [0.29, 0.717) is 17.7 Å². The van der Waals surface area contributed by atoms with Crippen molar-refractivity contribution in [3.63, 3.8) is 0 Å². The Morgan fingerprint density at radius 2 is 1.81 bits per heavy atom. The standard InChI is InChI=1S/C15H16N2O4/c18-13(16-8-5-6-8)9-3-1-2-4-12(9)17-14(19)10-7-11(10)15(20)21/h1-4,8,10-11H,5-7H2,(H,16,18)(H,17,19)(H,20,21). The average molecular weight is 288 g/mol. The fourth-order valence-electron chi connectivity index (χ4n) is 2.26. The molecule has 2 aliphatic rings. The molecule has 110 valence electrons. The van der Waals surface area contributed by atoms with Crippen LogP contribution in [0.5, 0.6) is 0 Å². The van der Waals surface area contributed by atoms with Gasteiger partial charge in [0.05, 0.1) is 23.1 Å². The quantitative estimate of drug-likeness (QED) is 0.759. The molecule has 6 nitrogen and oxygen atoms in total. The lowest BCUT2D eigenvalue weighted by atomic mass is 10.1. The van der Waals surface area contributed by atoms with Crippen molar-refractivity contribution in [2.24, 2.45) is 11.8 Å². The molecule has 1 aromatic rings. The smallest absolute Gasteiger partial charge is 0.307 e. The van der Waals surface area contributed by atoms with Gasteiger partial charge in [0.25, 0.3) is 5.91 Å². The highest BCUT2D eigenvalue weighted by atomic mass is 16.4. The Balaban J connectivity index is 1.69. The Morgan fingerprint density at radius 3 is 2.43 bits per heavy atom. The minimum Gasteiger partial charge on any atom is -0.481 e. The summed E-state index contributed by atoms with van der Waals surface area (Å²) in [6, 6.07) is 6.99. The molecular formula is C15H16N2O4. The summed E-state index contributed by atoms with van der Waals surface area (Å²) in [7, 11) is 0. The number of amides is 2. The van der Waals surface area contributed by atoms with Gasteiger partial charge < -0.3 is 15.7 Å². The van der Waals surface area contributed by atoms with Crippen molar-refractivity contribution >= 4 is 23.5 Å². The van der Waals surface area contributed by atoms with Gasteiger partial charge >= 0.3 is 5.97 Å². The number of aliphatic carboxylic acids is 1. The molecule has 0 aliphatic heterocycles. The van der Waals surface area contributed by atoms with E-state index in [1.54, 1.807) is 24.3 Å². The molecule has 3 N–H and O–H groups in total. The summed E-state index contributed by atoms with van der Waals surface area (Å²) in [6.07, 6.45) is 2.34. The molecule has 21 heavy (non-hydrogen) atoms. The van der Waals surface area contributed by atoms with Gasteiger partial charge in [0.15, 0.2) is 0 Å². The number of anilines is 1. The third-order valence-electron chi connectivity index (χ3n) is 3.79. The van der Waals surface area contributed by atoms with Crippen molar-refractivity contribution in [1.82, 2.24) is 5.32 Å². The third kappa shape index (κ3) is 3.04. The number of para-hydroxylation sites is 1. The van der Waals surface area contributed by atoms with E-state index in [4.69, 9.17) is 5.11 Å². The molecular weight excluding hydrogens is 272 g/mol. The molecule has 6 heteroatoms. The Morgan fingerprint density at radius 1 is 1.10 bits per heavy atom. The molecule has 0 aromatic heterocycles. The van der Waals surface area contributed by atoms with Crippen LogP contribution in [-0.2, 0) is 9.59 Å². The Hall–Kier alpha value is -2.37. The average Bonchev–Trinajstić information content (AvgIpc) is 3.33. The van der Waals surface area contributed by atoms with Crippen LogP contribution in [-0.4, -0.2) is 28.9 Å². The number of carboxylic acids is 1. The number of carboxylic acid groups (broad SMARTS) is 1. The number of benzene rings is 1. The van der Waals surface area contributed by atoms with E-state index in [0.717, 1.165) is 12.8 Å². The predicted molar refractivity (Wildman–Crippen MR) is 74.8 cm³/mol. The first kappa shape index (κ1) is 13.6. The molecule has 3 rings (SSSR count). The molecule has 2 fully saturated rings. The van der Waals surface area contributed by atoms with Crippen LogP contribution in [0.2, 0.25) is 0 Å². The molecule has 2 aliphatic carbocycles. The number of rotatable bonds is 5. The zero-order valence-electron chi connectivity index (χ0n) is 11.3. The summed E-state index contributed by atoms with van der Waals surface area (Å²) < 4.78 is 0.